The first-order valence-corrected chi connectivity index (χ1v) is 8.54. The van der Waals surface area contributed by atoms with Crippen molar-refractivity contribution in [3.8, 4) is 11.8 Å². The molecule has 1 saturated carbocycles. The number of rotatable bonds is 5. The SMILES string of the molecule is COc1cncc(OC2CCC(NC(=O)c3ccsc3)CC2)n1. The van der Waals surface area contributed by atoms with E-state index in [0.29, 0.717) is 11.8 Å². The fraction of sp³-hybridized carbons (Fsp3) is 0.438. The molecule has 0 atom stereocenters. The minimum absolute atomic E-state index is 0.00859. The second-order valence-electron chi connectivity index (χ2n) is 5.48. The van der Waals surface area contributed by atoms with Gasteiger partial charge in [0, 0.05) is 17.0 Å². The molecule has 1 aliphatic carbocycles. The standard InChI is InChI=1S/C16H19N3O3S/c1-21-14-8-17-9-15(19-14)22-13-4-2-12(3-5-13)18-16(20)11-6-7-23-10-11/h6-10,12-13H,2-5H2,1H3,(H,18,20). The van der Waals surface area contributed by atoms with Crippen molar-refractivity contribution in [2.45, 2.75) is 37.8 Å². The topological polar surface area (TPSA) is 73.3 Å². The number of nitrogens with one attached hydrogen (secondary N) is 1. The van der Waals surface area contributed by atoms with Crippen molar-refractivity contribution in [2.24, 2.45) is 0 Å². The number of amides is 1. The summed E-state index contributed by atoms with van der Waals surface area (Å²) >= 11 is 1.53. The van der Waals surface area contributed by atoms with Gasteiger partial charge in [0.15, 0.2) is 0 Å². The predicted octanol–water partition coefficient (Wildman–Crippen LogP) is 2.67. The molecule has 2 aromatic rings. The van der Waals surface area contributed by atoms with Crippen LogP contribution in [0.2, 0.25) is 0 Å². The number of nitrogens with zero attached hydrogens (tertiary/aromatic N) is 2. The molecule has 0 spiro atoms. The van der Waals surface area contributed by atoms with Crippen LogP contribution in [0.25, 0.3) is 0 Å². The Kier molecular flexibility index (Phi) is 5.07. The highest BCUT2D eigenvalue weighted by Crippen LogP contribution is 2.23. The lowest BCUT2D eigenvalue weighted by Crippen LogP contribution is -2.39. The van der Waals surface area contributed by atoms with Gasteiger partial charge in [0.1, 0.15) is 6.10 Å². The van der Waals surface area contributed by atoms with Gasteiger partial charge in [0.05, 0.1) is 19.5 Å². The van der Waals surface area contributed by atoms with Crippen LogP contribution in [0.15, 0.2) is 29.2 Å². The van der Waals surface area contributed by atoms with E-state index in [1.54, 1.807) is 19.5 Å². The van der Waals surface area contributed by atoms with Gasteiger partial charge in [-0.1, -0.05) is 0 Å². The molecule has 0 saturated heterocycles. The highest BCUT2D eigenvalue weighted by molar-refractivity contribution is 7.08. The molecule has 1 N–H and O–H groups in total. The van der Waals surface area contributed by atoms with E-state index in [-0.39, 0.29) is 18.1 Å². The van der Waals surface area contributed by atoms with Crippen LogP contribution in [0.1, 0.15) is 36.0 Å². The second kappa shape index (κ2) is 7.41. The molecule has 2 aromatic heterocycles. The fourth-order valence-corrected chi connectivity index (χ4v) is 3.28. The minimum atomic E-state index is 0.00859. The van der Waals surface area contributed by atoms with E-state index in [4.69, 9.17) is 9.47 Å². The molecular weight excluding hydrogens is 314 g/mol. The van der Waals surface area contributed by atoms with Gasteiger partial charge in [0.2, 0.25) is 11.8 Å². The van der Waals surface area contributed by atoms with E-state index in [2.05, 4.69) is 15.3 Å². The first-order chi connectivity index (χ1) is 11.2. The van der Waals surface area contributed by atoms with Crippen LogP contribution in [0, 0.1) is 0 Å². The zero-order valence-corrected chi connectivity index (χ0v) is 13.7. The maximum Gasteiger partial charge on any atom is 0.252 e. The van der Waals surface area contributed by atoms with Crippen molar-refractivity contribution in [3.05, 3.63) is 34.8 Å². The van der Waals surface area contributed by atoms with Gasteiger partial charge in [-0.3, -0.25) is 9.78 Å². The molecular formula is C16H19N3O3S. The lowest BCUT2D eigenvalue weighted by Gasteiger charge is -2.29. The highest BCUT2D eigenvalue weighted by atomic mass is 32.1. The molecule has 1 amide bonds. The van der Waals surface area contributed by atoms with Gasteiger partial charge >= 0.3 is 0 Å². The number of hydrogen-bond acceptors (Lipinski definition) is 6. The molecule has 0 unspecified atom stereocenters. The van der Waals surface area contributed by atoms with Crippen LogP contribution in [0.5, 0.6) is 11.8 Å². The summed E-state index contributed by atoms with van der Waals surface area (Å²) in [7, 11) is 1.55. The number of thiophene rings is 1. The van der Waals surface area contributed by atoms with Gasteiger partial charge in [-0.15, -0.1) is 0 Å². The van der Waals surface area contributed by atoms with Crippen molar-refractivity contribution >= 4 is 17.2 Å². The Bertz CT molecular complexity index is 640. The molecule has 0 aliphatic heterocycles. The zero-order valence-electron chi connectivity index (χ0n) is 12.9. The Morgan fingerprint density at radius 1 is 1.26 bits per heavy atom. The van der Waals surface area contributed by atoms with E-state index >= 15 is 0 Å². The van der Waals surface area contributed by atoms with Crippen molar-refractivity contribution in [1.29, 1.82) is 0 Å². The third-order valence-electron chi connectivity index (χ3n) is 3.88. The molecule has 0 bridgehead atoms. The van der Waals surface area contributed by atoms with Crippen LogP contribution in [0.3, 0.4) is 0 Å². The molecule has 3 rings (SSSR count). The molecule has 1 aliphatic rings. The normalized spacial score (nSPS) is 20.7. The van der Waals surface area contributed by atoms with Crippen LogP contribution in [0.4, 0.5) is 0 Å². The highest BCUT2D eigenvalue weighted by Gasteiger charge is 2.24. The van der Waals surface area contributed by atoms with Crippen molar-refractivity contribution in [3.63, 3.8) is 0 Å². The molecule has 23 heavy (non-hydrogen) atoms. The van der Waals surface area contributed by atoms with Gasteiger partial charge in [-0.2, -0.15) is 16.3 Å². The third-order valence-corrected chi connectivity index (χ3v) is 4.56. The molecule has 6 nitrogen and oxygen atoms in total. The van der Waals surface area contributed by atoms with E-state index < -0.39 is 0 Å². The monoisotopic (exact) mass is 333 g/mol. The molecule has 1 fully saturated rings. The van der Waals surface area contributed by atoms with Crippen molar-refractivity contribution in [1.82, 2.24) is 15.3 Å². The summed E-state index contributed by atoms with van der Waals surface area (Å²) in [5, 5.41) is 6.87. The molecule has 0 radical (unpaired) electrons. The van der Waals surface area contributed by atoms with E-state index in [1.165, 1.54) is 11.3 Å². The Morgan fingerprint density at radius 3 is 2.74 bits per heavy atom. The smallest absolute Gasteiger partial charge is 0.252 e. The molecule has 7 heteroatoms. The lowest BCUT2D eigenvalue weighted by molar-refractivity contribution is 0.0889. The summed E-state index contributed by atoms with van der Waals surface area (Å²) in [6.07, 6.45) is 6.80. The lowest BCUT2D eigenvalue weighted by atomic mass is 9.93. The molecule has 2 heterocycles. The van der Waals surface area contributed by atoms with E-state index in [9.17, 15) is 4.79 Å². The van der Waals surface area contributed by atoms with Gasteiger partial charge < -0.3 is 14.8 Å². The van der Waals surface area contributed by atoms with Crippen molar-refractivity contribution in [2.75, 3.05) is 7.11 Å². The number of carbonyl (C=O) groups is 1. The summed E-state index contributed by atoms with van der Waals surface area (Å²) in [6.45, 7) is 0. The number of ether oxygens (including phenoxy) is 2. The number of hydrogen-bond donors (Lipinski definition) is 1. The Morgan fingerprint density at radius 2 is 2.04 bits per heavy atom. The maximum atomic E-state index is 12.0. The maximum absolute atomic E-state index is 12.0. The summed E-state index contributed by atoms with van der Waals surface area (Å²) in [6, 6.07) is 2.05. The second-order valence-corrected chi connectivity index (χ2v) is 6.26. The van der Waals surface area contributed by atoms with E-state index in [0.717, 1.165) is 31.2 Å². The first-order valence-electron chi connectivity index (χ1n) is 7.60. The van der Waals surface area contributed by atoms with Crippen LogP contribution in [-0.2, 0) is 0 Å². The van der Waals surface area contributed by atoms with Crippen LogP contribution in [-0.4, -0.2) is 35.1 Å². The minimum Gasteiger partial charge on any atom is -0.480 e. The van der Waals surface area contributed by atoms with Crippen molar-refractivity contribution < 1.29 is 14.3 Å². The van der Waals surface area contributed by atoms with E-state index in [1.807, 2.05) is 16.8 Å². The van der Waals surface area contributed by atoms with Gasteiger partial charge in [0.25, 0.3) is 5.91 Å². The Balaban J connectivity index is 1.47. The average Bonchev–Trinajstić information content (AvgIpc) is 3.11. The van der Waals surface area contributed by atoms with Crippen LogP contribution >= 0.6 is 11.3 Å². The summed E-state index contributed by atoms with van der Waals surface area (Å²) in [5.74, 6) is 0.934. The average molecular weight is 333 g/mol. The number of carbonyl (C=O) groups excluding carboxylic acids is 1. The molecule has 122 valence electrons. The predicted molar refractivity (Wildman–Crippen MR) is 87.0 cm³/mol. The quantitative estimate of drug-likeness (QED) is 0.910. The van der Waals surface area contributed by atoms with Gasteiger partial charge in [-0.05, 0) is 37.1 Å². The first kappa shape index (κ1) is 15.7. The molecule has 0 aromatic carbocycles. The van der Waals surface area contributed by atoms with Gasteiger partial charge in [-0.25, -0.2) is 0 Å². The largest absolute Gasteiger partial charge is 0.480 e. The summed E-state index contributed by atoms with van der Waals surface area (Å²) in [4.78, 5) is 20.3. The number of methoxy groups -OCH3 is 1. The zero-order chi connectivity index (χ0) is 16.1. The number of aromatic nitrogens is 2. The third kappa shape index (κ3) is 4.19. The summed E-state index contributed by atoms with van der Waals surface area (Å²) < 4.78 is 10.9. The van der Waals surface area contributed by atoms with Crippen LogP contribution < -0.4 is 14.8 Å². The Hall–Kier alpha value is -2.15. The Labute approximate surface area is 138 Å². The fourth-order valence-electron chi connectivity index (χ4n) is 2.64. The summed E-state index contributed by atoms with van der Waals surface area (Å²) in [5.41, 5.74) is 0.736.